The average Bonchev–Trinajstić information content (AvgIpc) is 2.85. The minimum atomic E-state index is -0.424. The largest absolute Gasteiger partial charge is 0.326 e. The van der Waals surface area contributed by atoms with E-state index in [2.05, 4.69) is 24.9 Å². The molecule has 0 saturated carbocycles. The predicted molar refractivity (Wildman–Crippen MR) is 154 cm³/mol. The molecule has 0 aliphatic carbocycles. The van der Waals surface area contributed by atoms with Crippen LogP contribution in [0.4, 0.5) is 21.9 Å². The van der Waals surface area contributed by atoms with Gasteiger partial charge in [-0.05, 0) is 72.0 Å². The monoisotopic (exact) mass is 527 g/mol. The third-order valence-corrected chi connectivity index (χ3v) is 6.08. The first-order chi connectivity index (χ1) is 17.0. The molecular weight excluding hydrogens is 494 g/mol. The van der Waals surface area contributed by atoms with E-state index in [4.69, 9.17) is 11.6 Å². The molecule has 1 N–H and O–H groups in total. The molecule has 3 aromatic carbocycles. The van der Waals surface area contributed by atoms with Crippen LogP contribution < -0.4 is 10.2 Å². The van der Waals surface area contributed by atoms with E-state index in [1.54, 1.807) is 36.3 Å². The van der Waals surface area contributed by atoms with E-state index in [0.717, 1.165) is 23.2 Å². The van der Waals surface area contributed by atoms with E-state index in [1.807, 2.05) is 57.2 Å². The van der Waals surface area contributed by atoms with Crippen LogP contribution in [0, 0.1) is 17.0 Å². The van der Waals surface area contributed by atoms with Crippen LogP contribution in [0.25, 0.3) is 0 Å². The number of halogens is 1. The number of carbonyl (C=O) groups excluding carboxylic acids is 1. The second-order valence-corrected chi connectivity index (χ2v) is 9.74. The van der Waals surface area contributed by atoms with Crippen LogP contribution in [-0.4, -0.2) is 17.2 Å². The van der Waals surface area contributed by atoms with Gasteiger partial charge in [-0.25, -0.2) is 4.79 Å². The number of nitro benzene ring substituents is 1. The molecule has 0 aromatic heterocycles. The average molecular weight is 528 g/mol. The van der Waals surface area contributed by atoms with Crippen LogP contribution in [0.1, 0.15) is 49.9 Å². The zero-order valence-electron chi connectivity index (χ0n) is 21.6. The Morgan fingerprint density at radius 2 is 1.56 bits per heavy atom. The summed E-state index contributed by atoms with van der Waals surface area (Å²) in [5.74, 6) is 0. The molecular formula is C28H34ClN3O3S. The Kier molecular flexibility index (Phi) is 10.4. The predicted octanol–water partition coefficient (Wildman–Crippen LogP) is 8.20. The van der Waals surface area contributed by atoms with Gasteiger partial charge in [0.1, 0.15) is 0 Å². The van der Waals surface area contributed by atoms with Gasteiger partial charge >= 0.3 is 6.03 Å². The standard InChI is InChI=1S/C27H30ClN3O3.CH4S/c1-6-19-9-13-22(14-10-19)30(17-20-7-11-21(28)12-8-20)26(32)29-25-18(2)24(31(33)34)16-15-23(25)27(3,4)5;1-2/h7-16H,6,17H2,1-5H3,(H,29,32);2H,1H3. The molecule has 0 saturated heterocycles. The molecule has 3 rings (SSSR count). The highest BCUT2D eigenvalue weighted by molar-refractivity contribution is 7.79. The quantitative estimate of drug-likeness (QED) is 0.193. The van der Waals surface area contributed by atoms with Crippen molar-refractivity contribution in [1.29, 1.82) is 0 Å². The number of aryl methyl sites for hydroxylation is 1. The summed E-state index contributed by atoms with van der Waals surface area (Å²) in [5, 5.41) is 15.2. The number of thiol groups is 1. The lowest BCUT2D eigenvalue weighted by Gasteiger charge is -2.28. The van der Waals surface area contributed by atoms with Crippen LogP contribution >= 0.6 is 24.2 Å². The van der Waals surface area contributed by atoms with E-state index in [-0.39, 0.29) is 17.1 Å². The third kappa shape index (κ3) is 7.24. The van der Waals surface area contributed by atoms with Crippen molar-refractivity contribution in [1.82, 2.24) is 0 Å². The van der Waals surface area contributed by atoms with Crippen LogP contribution in [0.2, 0.25) is 5.02 Å². The number of nitrogens with one attached hydrogen (secondary N) is 1. The van der Waals surface area contributed by atoms with Gasteiger partial charge < -0.3 is 5.32 Å². The molecule has 0 bridgehead atoms. The number of nitrogens with zero attached hydrogens (tertiary/aromatic N) is 2. The summed E-state index contributed by atoms with van der Waals surface area (Å²) >= 11 is 9.57. The maximum absolute atomic E-state index is 13.7. The Morgan fingerprint density at radius 3 is 2.06 bits per heavy atom. The van der Waals surface area contributed by atoms with E-state index in [0.29, 0.717) is 22.8 Å². The van der Waals surface area contributed by atoms with Crippen molar-refractivity contribution in [2.45, 2.75) is 53.0 Å². The third-order valence-electron chi connectivity index (χ3n) is 5.83. The number of amides is 2. The summed E-state index contributed by atoms with van der Waals surface area (Å²) in [6.45, 7) is 10.1. The lowest BCUT2D eigenvalue weighted by Crippen LogP contribution is -2.35. The zero-order valence-corrected chi connectivity index (χ0v) is 23.3. The van der Waals surface area contributed by atoms with Crippen molar-refractivity contribution < 1.29 is 9.72 Å². The molecule has 36 heavy (non-hydrogen) atoms. The molecule has 192 valence electrons. The fraction of sp³-hybridized carbons (Fsp3) is 0.321. The maximum Gasteiger partial charge on any atom is 0.326 e. The first-order valence-corrected chi connectivity index (χ1v) is 12.9. The number of carbonyl (C=O) groups is 1. The van der Waals surface area contributed by atoms with Crippen molar-refractivity contribution in [2.24, 2.45) is 0 Å². The second kappa shape index (κ2) is 12.8. The molecule has 6 nitrogen and oxygen atoms in total. The topological polar surface area (TPSA) is 75.5 Å². The van der Waals surface area contributed by atoms with Crippen molar-refractivity contribution in [2.75, 3.05) is 16.5 Å². The SMILES string of the molecule is CCc1ccc(N(Cc2ccc(Cl)cc2)C(=O)Nc2c(C(C)(C)C)ccc([N+](=O)[O-])c2C)cc1.CS. The van der Waals surface area contributed by atoms with Crippen molar-refractivity contribution in [3.05, 3.63) is 98.1 Å². The summed E-state index contributed by atoms with van der Waals surface area (Å²) < 4.78 is 0. The fourth-order valence-electron chi connectivity index (χ4n) is 3.82. The molecule has 0 aliphatic heterocycles. The lowest BCUT2D eigenvalue weighted by molar-refractivity contribution is -0.385. The van der Waals surface area contributed by atoms with Crippen molar-refractivity contribution in [3.63, 3.8) is 0 Å². The van der Waals surface area contributed by atoms with Gasteiger partial charge in [-0.15, -0.1) is 0 Å². The van der Waals surface area contributed by atoms with E-state index >= 15 is 0 Å². The van der Waals surface area contributed by atoms with Gasteiger partial charge in [0.15, 0.2) is 0 Å². The van der Waals surface area contributed by atoms with Crippen LogP contribution in [0.15, 0.2) is 60.7 Å². The summed E-state index contributed by atoms with van der Waals surface area (Å²) in [6, 6.07) is 18.0. The van der Waals surface area contributed by atoms with Gasteiger partial charge in [0, 0.05) is 16.8 Å². The summed E-state index contributed by atoms with van der Waals surface area (Å²) in [4.78, 5) is 26.5. The lowest BCUT2D eigenvalue weighted by atomic mass is 9.84. The molecule has 0 fully saturated rings. The molecule has 0 heterocycles. The van der Waals surface area contributed by atoms with Gasteiger partial charge in [0.25, 0.3) is 5.69 Å². The Bertz CT molecular complexity index is 1190. The second-order valence-electron chi connectivity index (χ2n) is 9.30. The van der Waals surface area contributed by atoms with Gasteiger partial charge in [-0.3, -0.25) is 15.0 Å². The number of urea groups is 1. The van der Waals surface area contributed by atoms with Gasteiger partial charge in [-0.2, -0.15) is 12.6 Å². The maximum atomic E-state index is 13.7. The Balaban J connectivity index is 0.00000222. The molecule has 3 aromatic rings. The fourth-order valence-corrected chi connectivity index (χ4v) is 3.95. The number of anilines is 2. The Hall–Kier alpha value is -3.03. The normalized spacial score (nSPS) is 10.8. The number of rotatable bonds is 6. The van der Waals surface area contributed by atoms with Crippen LogP contribution in [0.5, 0.6) is 0 Å². The smallest absolute Gasteiger partial charge is 0.307 e. The number of benzene rings is 3. The molecule has 0 atom stereocenters. The highest BCUT2D eigenvalue weighted by Gasteiger charge is 2.27. The van der Waals surface area contributed by atoms with Gasteiger partial charge in [-0.1, -0.05) is 63.6 Å². The molecule has 0 unspecified atom stereocenters. The number of hydrogen-bond donors (Lipinski definition) is 2. The van der Waals surface area contributed by atoms with Crippen LogP contribution in [0.3, 0.4) is 0 Å². The molecule has 0 spiro atoms. The summed E-state index contributed by atoms with van der Waals surface area (Å²) in [5.41, 5.74) is 4.18. The minimum Gasteiger partial charge on any atom is -0.307 e. The van der Waals surface area contributed by atoms with Crippen molar-refractivity contribution >= 4 is 47.3 Å². The number of nitro groups is 1. The minimum absolute atomic E-state index is 0.0279. The van der Waals surface area contributed by atoms with E-state index in [1.165, 1.54) is 11.6 Å². The summed E-state index contributed by atoms with van der Waals surface area (Å²) in [7, 11) is 0. The Morgan fingerprint density at radius 1 is 1.00 bits per heavy atom. The molecule has 0 radical (unpaired) electrons. The highest BCUT2D eigenvalue weighted by Crippen LogP contribution is 2.37. The first-order valence-electron chi connectivity index (χ1n) is 11.7. The Labute approximate surface area is 224 Å². The van der Waals surface area contributed by atoms with Crippen LogP contribution in [-0.2, 0) is 18.4 Å². The molecule has 8 heteroatoms. The van der Waals surface area contributed by atoms with Crippen molar-refractivity contribution in [3.8, 4) is 0 Å². The van der Waals surface area contributed by atoms with Gasteiger partial charge in [0.05, 0.1) is 22.7 Å². The first kappa shape index (κ1) is 29.2. The number of hydrogen-bond acceptors (Lipinski definition) is 4. The van der Waals surface area contributed by atoms with E-state index < -0.39 is 4.92 Å². The molecule has 2 amide bonds. The highest BCUT2D eigenvalue weighted by atomic mass is 35.5. The summed E-state index contributed by atoms with van der Waals surface area (Å²) in [6.07, 6.45) is 2.59. The van der Waals surface area contributed by atoms with E-state index in [9.17, 15) is 14.9 Å². The van der Waals surface area contributed by atoms with Gasteiger partial charge in [0.2, 0.25) is 0 Å². The zero-order chi connectivity index (χ0) is 27.0. The molecule has 0 aliphatic rings.